The van der Waals surface area contributed by atoms with Crippen molar-refractivity contribution in [3.05, 3.63) is 59.9 Å². The number of hydrogen-bond donors (Lipinski definition) is 1. The van der Waals surface area contributed by atoms with Gasteiger partial charge >= 0.3 is 0 Å². The molecule has 144 valence electrons. The summed E-state index contributed by atoms with van der Waals surface area (Å²) in [6, 6.07) is 8.68. The number of ketones is 1. The molecule has 2 atom stereocenters. The minimum Gasteiger partial charge on any atom is -0.341 e. The van der Waals surface area contributed by atoms with Crippen LogP contribution in [0.15, 0.2) is 48.7 Å². The first-order valence-electron chi connectivity index (χ1n) is 9.21. The Balaban J connectivity index is 2.32. The number of nitrogens with one attached hydrogen (secondary N) is 1. The van der Waals surface area contributed by atoms with Crippen LogP contribution in [0.1, 0.15) is 63.1 Å². The van der Waals surface area contributed by atoms with Crippen LogP contribution in [0.25, 0.3) is 0 Å². The van der Waals surface area contributed by atoms with Crippen molar-refractivity contribution >= 4 is 11.7 Å². The van der Waals surface area contributed by atoms with Crippen molar-refractivity contribution in [3.63, 3.8) is 0 Å². The summed E-state index contributed by atoms with van der Waals surface area (Å²) in [6.45, 7) is 9.44. The molecule has 0 aliphatic heterocycles. The van der Waals surface area contributed by atoms with Crippen LogP contribution in [-0.4, -0.2) is 26.7 Å². The van der Waals surface area contributed by atoms with Crippen LogP contribution in [0.2, 0.25) is 0 Å². The zero-order valence-corrected chi connectivity index (χ0v) is 16.6. The highest BCUT2D eigenvalue weighted by Gasteiger charge is 2.36. The molecule has 1 heterocycles. The van der Waals surface area contributed by atoms with Crippen molar-refractivity contribution in [2.45, 2.75) is 52.6 Å². The number of amides is 1. The Hall–Kier alpha value is -2.76. The van der Waals surface area contributed by atoms with Gasteiger partial charge in [0, 0.05) is 5.56 Å². The summed E-state index contributed by atoms with van der Waals surface area (Å²) in [7, 11) is 0. The zero-order chi connectivity index (χ0) is 20.0. The SMILES string of the molecule is C/C=C/CC(C(C)=O)n1cc([C@@](C)(NC(=O)c2ccccc2)C(C)C)nn1. The van der Waals surface area contributed by atoms with Gasteiger partial charge in [0.15, 0.2) is 5.78 Å². The highest BCUT2D eigenvalue weighted by atomic mass is 16.2. The van der Waals surface area contributed by atoms with Gasteiger partial charge in [-0.3, -0.25) is 9.59 Å². The molecule has 0 fully saturated rings. The predicted octanol–water partition coefficient (Wildman–Crippen LogP) is 3.68. The molecule has 0 bridgehead atoms. The molecule has 1 amide bonds. The summed E-state index contributed by atoms with van der Waals surface area (Å²) >= 11 is 0. The second-order valence-corrected chi connectivity index (χ2v) is 7.19. The third kappa shape index (κ3) is 4.70. The molecule has 6 nitrogen and oxygen atoms in total. The molecule has 0 saturated heterocycles. The number of carbonyl (C=O) groups is 2. The number of hydrogen-bond acceptors (Lipinski definition) is 4. The summed E-state index contributed by atoms with van der Waals surface area (Å²) in [5.74, 6) is -0.0795. The van der Waals surface area contributed by atoms with E-state index < -0.39 is 11.6 Å². The molecule has 6 heteroatoms. The Bertz CT molecular complexity index is 811. The van der Waals surface area contributed by atoms with E-state index in [0.29, 0.717) is 17.7 Å². The van der Waals surface area contributed by atoms with Gasteiger partial charge < -0.3 is 5.32 Å². The smallest absolute Gasteiger partial charge is 0.252 e. The quantitative estimate of drug-likeness (QED) is 0.721. The largest absolute Gasteiger partial charge is 0.341 e. The molecule has 0 aliphatic carbocycles. The molecule has 0 spiro atoms. The highest BCUT2D eigenvalue weighted by molar-refractivity contribution is 5.94. The third-order valence-corrected chi connectivity index (χ3v) is 4.99. The van der Waals surface area contributed by atoms with Crippen molar-refractivity contribution in [2.75, 3.05) is 0 Å². The second kappa shape index (κ2) is 8.75. The number of rotatable bonds is 8. The van der Waals surface area contributed by atoms with E-state index >= 15 is 0 Å². The van der Waals surface area contributed by atoms with Gasteiger partial charge in [0.2, 0.25) is 0 Å². The number of nitrogens with zero attached hydrogens (tertiary/aromatic N) is 3. The Morgan fingerprint density at radius 2 is 1.93 bits per heavy atom. The van der Waals surface area contributed by atoms with Crippen molar-refractivity contribution in [2.24, 2.45) is 5.92 Å². The fourth-order valence-electron chi connectivity index (χ4n) is 2.79. The van der Waals surface area contributed by atoms with E-state index in [-0.39, 0.29) is 17.6 Å². The average Bonchev–Trinajstić information content (AvgIpc) is 3.12. The molecular formula is C21H28N4O2. The number of benzene rings is 1. The van der Waals surface area contributed by atoms with Gasteiger partial charge in [-0.05, 0) is 45.2 Å². The number of allylic oxidation sites excluding steroid dienone is 2. The van der Waals surface area contributed by atoms with E-state index in [1.807, 2.05) is 58.0 Å². The summed E-state index contributed by atoms with van der Waals surface area (Å²) in [5, 5.41) is 11.6. The van der Waals surface area contributed by atoms with E-state index in [4.69, 9.17) is 0 Å². The predicted molar refractivity (Wildman–Crippen MR) is 105 cm³/mol. The standard InChI is InChI=1S/C21H28N4O2/c1-6-7-13-18(16(4)26)25-14-19(23-24-25)21(5,15(2)3)22-20(27)17-11-9-8-10-12-17/h6-12,14-15,18H,13H2,1-5H3,(H,22,27)/b7-6+/t18?,21-/m0/s1. The third-order valence-electron chi connectivity index (χ3n) is 4.99. The van der Waals surface area contributed by atoms with Crippen LogP contribution < -0.4 is 5.32 Å². The molecule has 1 unspecified atom stereocenters. The van der Waals surface area contributed by atoms with Gasteiger partial charge in [0.25, 0.3) is 5.91 Å². The van der Waals surface area contributed by atoms with E-state index in [1.165, 1.54) is 0 Å². The molecule has 2 rings (SSSR count). The molecule has 1 N–H and O–H groups in total. The first-order chi connectivity index (χ1) is 12.8. The molecule has 0 saturated carbocycles. The van der Waals surface area contributed by atoms with Crippen LogP contribution in [0, 0.1) is 5.92 Å². The van der Waals surface area contributed by atoms with E-state index in [0.717, 1.165) is 0 Å². The molecule has 27 heavy (non-hydrogen) atoms. The van der Waals surface area contributed by atoms with Crippen molar-refractivity contribution in [1.82, 2.24) is 20.3 Å². The van der Waals surface area contributed by atoms with Crippen LogP contribution >= 0.6 is 0 Å². The summed E-state index contributed by atoms with van der Waals surface area (Å²) in [5.41, 5.74) is 0.507. The van der Waals surface area contributed by atoms with Crippen LogP contribution in [0.4, 0.5) is 0 Å². The van der Waals surface area contributed by atoms with Crippen LogP contribution in [0.3, 0.4) is 0 Å². The van der Waals surface area contributed by atoms with E-state index in [1.54, 1.807) is 29.9 Å². The molecule has 2 aromatic rings. The topological polar surface area (TPSA) is 76.9 Å². The maximum Gasteiger partial charge on any atom is 0.252 e. The van der Waals surface area contributed by atoms with Gasteiger partial charge in [-0.2, -0.15) is 0 Å². The van der Waals surface area contributed by atoms with Crippen molar-refractivity contribution in [3.8, 4) is 0 Å². The maximum atomic E-state index is 12.7. The Morgan fingerprint density at radius 3 is 2.48 bits per heavy atom. The first-order valence-corrected chi connectivity index (χ1v) is 9.21. The monoisotopic (exact) mass is 368 g/mol. The lowest BCUT2D eigenvalue weighted by atomic mass is 9.85. The normalized spacial score (nSPS) is 14.9. The fraction of sp³-hybridized carbons (Fsp3) is 0.429. The van der Waals surface area contributed by atoms with Gasteiger partial charge in [-0.25, -0.2) is 4.68 Å². The van der Waals surface area contributed by atoms with Crippen molar-refractivity contribution < 1.29 is 9.59 Å². The lowest BCUT2D eigenvalue weighted by molar-refractivity contribution is -0.120. The summed E-state index contributed by atoms with van der Waals surface area (Å²) in [4.78, 5) is 24.7. The minimum atomic E-state index is -0.715. The Labute approximate surface area is 160 Å². The number of Topliss-reactive ketones (excluding diaryl/α,β-unsaturated/α-hetero) is 1. The average molecular weight is 368 g/mol. The summed E-state index contributed by atoms with van der Waals surface area (Å²) in [6.07, 6.45) is 6.17. The second-order valence-electron chi connectivity index (χ2n) is 7.19. The lowest BCUT2D eigenvalue weighted by Crippen LogP contribution is -2.47. The van der Waals surface area contributed by atoms with Gasteiger partial charge in [-0.15, -0.1) is 5.10 Å². The molecule has 0 radical (unpaired) electrons. The maximum absolute atomic E-state index is 12.7. The van der Waals surface area contributed by atoms with Gasteiger partial charge in [-0.1, -0.05) is 49.4 Å². The van der Waals surface area contributed by atoms with Crippen LogP contribution in [-0.2, 0) is 10.3 Å². The Morgan fingerprint density at radius 1 is 1.26 bits per heavy atom. The first kappa shape index (κ1) is 20.6. The Kier molecular flexibility index (Phi) is 6.66. The minimum absolute atomic E-state index is 0.0177. The molecule has 1 aromatic heterocycles. The zero-order valence-electron chi connectivity index (χ0n) is 16.6. The molecule has 0 aliphatic rings. The van der Waals surface area contributed by atoms with Crippen LogP contribution in [0.5, 0.6) is 0 Å². The van der Waals surface area contributed by atoms with E-state index in [9.17, 15) is 9.59 Å². The van der Waals surface area contributed by atoms with Gasteiger partial charge in [0.1, 0.15) is 11.7 Å². The lowest BCUT2D eigenvalue weighted by Gasteiger charge is -2.33. The van der Waals surface area contributed by atoms with Crippen molar-refractivity contribution in [1.29, 1.82) is 0 Å². The number of carbonyl (C=O) groups excluding carboxylic acids is 2. The number of aromatic nitrogens is 3. The molecular weight excluding hydrogens is 340 g/mol. The summed E-state index contributed by atoms with van der Waals surface area (Å²) < 4.78 is 1.59. The molecule has 1 aromatic carbocycles. The highest BCUT2D eigenvalue weighted by Crippen LogP contribution is 2.29. The van der Waals surface area contributed by atoms with Gasteiger partial charge in [0.05, 0.1) is 11.7 Å². The fourth-order valence-corrected chi connectivity index (χ4v) is 2.79. The van der Waals surface area contributed by atoms with E-state index in [2.05, 4.69) is 15.6 Å².